The molecule has 28 heavy (non-hydrogen) atoms. The van der Waals surface area contributed by atoms with Crippen LogP contribution in [0, 0.1) is 13.8 Å². The van der Waals surface area contributed by atoms with E-state index in [0.717, 1.165) is 43.1 Å². The summed E-state index contributed by atoms with van der Waals surface area (Å²) in [5.41, 5.74) is 3.12. The topological polar surface area (TPSA) is 88.0 Å². The van der Waals surface area contributed by atoms with Gasteiger partial charge in [0.2, 0.25) is 5.82 Å². The maximum atomic E-state index is 12.0. The lowest BCUT2D eigenvalue weighted by molar-refractivity contribution is 0.0952. The van der Waals surface area contributed by atoms with Crippen LogP contribution in [0.2, 0.25) is 0 Å². The van der Waals surface area contributed by atoms with Crippen molar-refractivity contribution in [2.24, 2.45) is 0 Å². The molecule has 0 bridgehead atoms. The fraction of sp³-hybridized carbons (Fsp3) is 0.600. The van der Waals surface area contributed by atoms with Gasteiger partial charge in [0.25, 0.3) is 5.91 Å². The highest BCUT2D eigenvalue weighted by atomic mass is 16.2. The standard InChI is InChI=1S/C20H29N7O/c1-13-14(2)24-18(20(28)21-3)25-19(13)26-8-7-16(12-26)22-9-15-10-23-27(11-15)17-5-4-6-17/h10-11,16-17,22H,4-9,12H2,1-3H3,(H,21,28)/t16-/m1/s1. The van der Waals surface area contributed by atoms with Gasteiger partial charge in [-0.1, -0.05) is 0 Å². The summed E-state index contributed by atoms with van der Waals surface area (Å²) >= 11 is 0. The first kappa shape index (κ1) is 18.9. The summed E-state index contributed by atoms with van der Waals surface area (Å²) in [5.74, 6) is 0.857. The van der Waals surface area contributed by atoms with Crippen molar-refractivity contribution in [1.29, 1.82) is 0 Å². The van der Waals surface area contributed by atoms with Gasteiger partial charge in [-0.3, -0.25) is 9.48 Å². The minimum absolute atomic E-state index is 0.236. The van der Waals surface area contributed by atoms with Crippen molar-refractivity contribution in [2.45, 2.75) is 58.2 Å². The molecule has 2 aromatic rings. The Balaban J connectivity index is 1.38. The maximum Gasteiger partial charge on any atom is 0.288 e. The molecule has 8 heteroatoms. The number of nitrogens with zero attached hydrogens (tertiary/aromatic N) is 5. The van der Waals surface area contributed by atoms with E-state index in [1.54, 1.807) is 7.05 Å². The molecule has 2 aliphatic rings. The zero-order valence-electron chi connectivity index (χ0n) is 16.9. The summed E-state index contributed by atoms with van der Waals surface area (Å²) in [6.07, 6.45) is 9.03. The summed E-state index contributed by atoms with van der Waals surface area (Å²) in [4.78, 5) is 23.1. The predicted octanol–water partition coefficient (Wildman–Crippen LogP) is 1.74. The van der Waals surface area contributed by atoms with Crippen LogP contribution in [0.15, 0.2) is 12.4 Å². The molecule has 0 aromatic carbocycles. The Morgan fingerprint density at radius 3 is 2.79 bits per heavy atom. The van der Waals surface area contributed by atoms with Crippen LogP contribution in [-0.2, 0) is 6.54 Å². The summed E-state index contributed by atoms with van der Waals surface area (Å²) < 4.78 is 2.12. The summed E-state index contributed by atoms with van der Waals surface area (Å²) in [7, 11) is 1.60. The molecule has 0 radical (unpaired) electrons. The van der Waals surface area contributed by atoms with Crippen molar-refractivity contribution in [2.75, 3.05) is 25.0 Å². The van der Waals surface area contributed by atoms with Crippen LogP contribution < -0.4 is 15.5 Å². The monoisotopic (exact) mass is 383 g/mol. The molecular weight excluding hydrogens is 354 g/mol. The third-order valence-corrected chi connectivity index (χ3v) is 5.98. The van der Waals surface area contributed by atoms with Crippen LogP contribution in [0.1, 0.15) is 59.2 Å². The number of carbonyl (C=O) groups is 1. The normalized spacial score (nSPS) is 19.7. The Hall–Kier alpha value is -2.48. The smallest absolute Gasteiger partial charge is 0.288 e. The number of rotatable bonds is 6. The lowest BCUT2D eigenvalue weighted by Gasteiger charge is -2.25. The minimum Gasteiger partial charge on any atom is -0.355 e. The van der Waals surface area contributed by atoms with Gasteiger partial charge < -0.3 is 15.5 Å². The Morgan fingerprint density at radius 2 is 2.07 bits per heavy atom. The molecule has 3 heterocycles. The third kappa shape index (κ3) is 3.73. The number of anilines is 1. The van der Waals surface area contributed by atoms with Crippen LogP contribution in [0.5, 0.6) is 0 Å². The van der Waals surface area contributed by atoms with E-state index >= 15 is 0 Å². The van der Waals surface area contributed by atoms with E-state index in [-0.39, 0.29) is 11.7 Å². The van der Waals surface area contributed by atoms with Crippen molar-refractivity contribution in [1.82, 2.24) is 30.4 Å². The van der Waals surface area contributed by atoms with Crippen molar-refractivity contribution >= 4 is 11.7 Å². The second-order valence-corrected chi connectivity index (χ2v) is 7.89. The zero-order valence-corrected chi connectivity index (χ0v) is 16.9. The lowest BCUT2D eigenvalue weighted by Crippen LogP contribution is -2.33. The van der Waals surface area contributed by atoms with Crippen molar-refractivity contribution in [3.05, 3.63) is 35.0 Å². The summed E-state index contributed by atoms with van der Waals surface area (Å²) in [6.45, 7) is 6.58. The average molecular weight is 384 g/mol. The zero-order chi connectivity index (χ0) is 19.7. The molecule has 1 aliphatic carbocycles. The van der Waals surface area contributed by atoms with E-state index in [4.69, 9.17) is 0 Å². The quantitative estimate of drug-likeness (QED) is 0.790. The molecule has 150 valence electrons. The van der Waals surface area contributed by atoms with Gasteiger partial charge in [-0.2, -0.15) is 5.10 Å². The lowest BCUT2D eigenvalue weighted by atomic mass is 9.93. The second kappa shape index (κ2) is 7.87. The van der Waals surface area contributed by atoms with Crippen LogP contribution >= 0.6 is 0 Å². The molecule has 1 amide bonds. The number of aryl methyl sites for hydroxylation is 1. The number of carbonyl (C=O) groups excluding carboxylic acids is 1. The van der Waals surface area contributed by atoms with Gasteiger partial charge in [0, 0.05) is 55.7 Å². The van der Waals surface area contributed by atoms with Gasteiger partial charge in [-0.05, 0) is 39.5 Å². The van der Waals surface area contributed by atoms with Crippen LogP contribution in [0.3, 0.4) is 0 Å². The first-order valence-corrected chi connectivity index (χ1v) is 10.1. The molecule has 2 fully saturated rings. The van der Waals surface area contributed by atoms with Gasteiger partial charge in [-0.15, -0.1) is 0 Å². The van der Waals surface area contributed by atoms with Gasteiger partial charge >= 0.3 is 0 Å². The van der Waals surface area contributed by atoms with Gasteiger partial charge in [-0.25, -0.2) is 9.97 Å². The van der Waals surface area contributed by atoms with E-state index in [2.05, 4.69) is 41.5 Å². The van der Waals surface area contributed by atoms with E-state index in [9.17, 15) is 4.79 Å². The van der Waals surface area contributed by atoms with E-state index in [1.165, 1.54) is 24.8 Å². The van der Waals surface area contributed by atoms with E-state index in [0.29, 0.717) is 12.1 Å². The Morgan fingerprint density at radius 1 is 1.25 bits per heavy atom. The number of hydrogen-bond donors (Lipinski definition) is 2. The SMILES string of the molecule is CNC(=O)c1nc(C)c(C)c(N2CC[C@@H](NCc3cnn(C4CCC4)c3)C2)n1. The van der Waals surface area contributed by atoms with E-state index in [1.807, 2.05) is 20.0 Å². The highest BCUT2D eigenvalue weighted by molar-refractivity contribution is 5.90. The Bertz CT molecular complexity index is 858. The number of hydrogen-bond acceptors (Lipinski definition) is 6. The summed E-state index contributed by atoms with van der Waals surface area (Å²) in [6, 6.07) is 0.999. The fourth-order valence-corrected chi connectivity index (χ4v) is 3.84. The van der Waals surface area contributed by atoms with Gasteiger partial charge in [0.05, 0.1) is 12.2 Å². The molecule has 1 saturated heterocycles. The van der Waals surface area contributed by atoms with Crippen molar-refractivity contribution in [3.8, 4) is 0 Å². The van der Waals surface area contributed by atoms with Gasteiger partial charge in [0.1, 0.15) is 5.82 Å². The Kier molecular flexibility index (Phi) is 5.30. The molecule has 1 atom stereocenters. The first-order chi connectivity index (χ1) is 13.5. The molecule has 1 saturated carbocycles. The fourth-order valence-electron chi connectivity index (χ4n) is 3.84. The number of nitrogens with one attached hydrogen (secondary N) is 2. The summed E-state index contributed by atoms with van der Waals surface area (Å²) in [5, 5.41) is 10.8. The van der Waals surface area contributed by atoms with Crippen LogP contribution in [-0.4, -0.2) is 51.8 Å². The minimum atomic E-state index is -0.248. The molecule has 4 rings (SSSR count). The van der Waals surface area contributed by atoms with Crippen molar-refractivity contribution in [3.63, 3.8) is 0 Å². The van der Waals surface area contributed by atoms with Crippen molar-refractivity contribution < 1.29 is 4.79 Å². The average Bonchev–Trinajstić information content (AvgIpc) is 3.29. The number of aromatic nitrogens is 4. The van der Waals surface area contributed by atoms with E-state index < -0.39 is 0 Å². The molecule has 0 spiro atoms. The molecular formula is C20H29N7O. The second-order valence-electron chi connectivity index (χ2n) is 7.89. The Labute approximate surface area is 165 Å². The predicted molar refractivity (Wildman–Crippen MR) is 107 cm³/mol. The largest absolute Gasteiger partial charge is 0.355 e. The maximum absolute atomic E-state index is 12.0. The van der Waals surface area contributed by atoms with Crippen LogP contribution in [0.25, 0.3) is 0 Å². The number of amides is 1. The molecule has 2 aromatic heterocycles. The molecule has 8 nitrogen and oxygen atoms in total. The highest BCUT2D eigenvalue weighted by Crippen LogP contribution is 2.30. The highest BCUT2D eigenvalue weighted by Gasteiger charge is 2.26. The first-order valence-electron chi connectivity index (χ1n) is 10.1. The van der Waals surface area contributed by atoms with Crippen LogP contribution in [0.4, 0.5) is 5.82 Å². The molecule has 1 aliphatic heterocycles. The molecule has 0 unspecified atom stereocenters. The molecule has 2 N–H and O–H groups in total. The van der Waals surface area contributed by atoms with Gasteiger partial charge in [0.15, 0.2) is 0 Å². The third-order valence-electron chi connectivity index (χ3n) is 5.98.